The van der Waals surface area contributed by atoms with Gasteiger partial charge in [-0.15, -0.1) is 0 Å². The zero-order valence-corrected chi connectivity index (χ0v) is 13.6. The molecule has 2 heterocycles. The normalized spacial score (nSPS) is 53.0. The number of hydrogen-bond donors (Lipinski definition) is 0. The molecular weight excluding hydrogens is 300 g/mol. The van der Waals surface area contributed by atoms with E-state index in [0.717, 1.165) is 5.57 Å². The predicted molar refractivity (Wildman–Crippen MR) is 77.5 cm³/mol. The Morgan fingerprint density at radius 1 is 1.43 bits per heavy atom. The summed E-state index contributed by atoms with van der Waals surface area (Å²) in [5, 5.41) is 0. The van der Waals surface area contributed by atoms with Crippen LogP contribution < -0.4 is 0 Å². The molecule has 1 spiro atoms. The van der Waals surface area contributed by atoms with Crippen LogP contribution in [0.5, 0.6) is 0 Å². The molecule has 0 aromatic carbocycles. The van der Waals surface area contributed by atoms with Crippen LogP contribution in [0.15, 0.2) is 11.6 Å². The first-order chi connectivity index (χ1) is 10.7. The maximum absolute atomic E-state index is 12.6. The van der Waals surface area contributed by atoms with Crippen LogP contribution in [0.25, 0.3) is 0 Å². The van der Waals surface area contributed by atoms with Gasteiger partial charge in [-0.25, -0.2) is 0 Å². The number of epoxide rings is 2. The molecule has 7 atom stereocenters. The smallest absolute Gasteiger partial charge is 0.303 e. The van der Waals surface area contributed by atoms with Gasteiger partial charge in [-0.3, -0.25) is 9.59 Å². The van der Waals surface area contributed by atoms with E-state index >= 15 is 0 Å². The Morgan fingerprint density at radius 2 is 2.13 bits per heavy atom. The van der Waals surface area contributed by atoms with Crippen molar-refractivity contribution in [2.24, 2.45) is 11.3 Å². The minimum Gasteiger partial charge on any atom is -0.459 e. The van der Waals surface area contributed by atoms with Gasteiger partial charge in [0.05, 0.1) is 0 Å². The largest absolute Gasteiger partial charge is 0.459 e. The molecule has 23 heavy (non-hydrogen) atoms. The Kier molecular flexibility index (Phi) is 2.68. The van der Waals surface area contributed by atoms with Crippen LogP contribution in [0.3, 0.4) is 0 Å². The van der Waals surface area contributed by atoms with Crippen molar-refractivity contribution in [3.05, 3.63) is 11.6 Å². The third-order valence-electron chi connectivity index (χ3n) is 6.29. The van der Waals surface area contributed by atoms with Gasteiger partial charge in [0.25, 0.3) is 0 Å². The van der Waals surface area contributed by atoms with Crippen LogP contribution in [0.1, 0.15) is 34.1 Å². The minimum atomic E-state index is -1.08. The van der Waals surface area contributed by atoms with E-state index in [2.05, 4.69) is 0 Å². The van der Waals surface area contributed by atoms with Crippen molar-refractivity contribution in [3.8, 4) is 0 Å². The van der Waals surface area contributed by atoms with Crippen molar-refractivity contribution in [1.29, 1.82) is 0 Å². The predicted octanol–water partition coefficient (Wildman–Crippen LogP) is 0.967. The lowest BCUT2D eigenvalue weighted by atomic mass is 9.56. The lowest BCUT2D eigenvalue weighted by Gasteiger charge is -2.47. The van der Waals surface area contributed by atoms with Gasteiger partial charge in [-0.1, -0.05) is 13.8 Å². The molecule has 0 radical (unpaired) electrons. The lowest BCUT2D eigenvalue weighted by molar-refractivity contribution is -0.153. The van der Waals surface area contributed by atoms with Gasteiger partial charge in [0.1, 0.15) is 18.3 Å². The van der Waals surface area contributed by atoms with Crippen LogP contribution in [0.2, 0.25) is 0 Å². The monoisotopic (exact) mass is 320 g/mol. The second-order valence-electron chi connectivity index (χ2n) is 7.60. The maximum atomic E-state index is 12.6. The van der Waals surface area contributed by atoms with Crippen LogP contribution in [0.4, 0.5) is 0 Å². The number of carbonyl (C=O) groups excluding carboxylic acids is 3. The first-order valence-electron chi connectivity index (χ1n) is 7.94. The number of rotatable bonds is 2. The second-order valence-corrected chi connectivity index (χ2v) is 7.60. The van der Waals surface area contributed by atoms with E-state index < -0.39 is 16.6 Å². The summed E-state index contributed by atoms with van der Waals surface area (Å²) in [5.74, 6) is -0.535. The van der Waals surface area contributed by atoms with Gasteiger partial charge in [0.15, 0.2) is 23.3 Å². The van der Waals surface area contributed by atoms with Crippen LogP contribution in [0, 0.1) is 11.3 Å². The maximum Gasteiger partial charge on any atom is 0.303 e. The summed E-state index contributed by atoms with van der Waals surface area (Å²) in [7, 11) is 0. The van der Waals surface area contributed by atoms with Crippen molar-refractivity contribution in [3.63, 3.8) is 0 Å². The van der Waals surface area contributed by atoms with Crippen molar-refractivity contribution < 1.29 is 28.6 Å². The molecule has 0 bridgehead atoms. The second kappa shape index (κ2) is 4.11. The van der Waals surface area contributed by atoms with E-state index in [1.54, 1.807) is 13.0 Å². The number of carbonyl (C=O) groups is 3. The zero-order chi connectivity index (χ0) is 16.8. The van der Waals surface area contributed by atoms with E-state index in [1.165, 1.54) is 6.92 Å². The Hall–Kier alpha value is -1.53. The summed E-state index contributed by atoms with van der Waals surface area (Å²) < 4.78 is 16.8. The Labute approximate surface area is 134 Å². The van der Waals surface area contributed by atoms with E-state index in [0.29, 0.717) is 12.7 Å². The molecule has 0 N–H and O–H groups in total. The Balaban J connectivity index is 1.74. The third-order valence-corrected chi connectivity index (χ3v) is 6.29. The summed E-state index contributed by atoms with van der Waals surface area (Å²) in [6, 6.07) is 0. The van der Waals surface area contributed by atoms with Crippen LogP contribution in [-0.4, -0.2) is 47.6 Å². The third kappa shape index (κ3) is 1.68. The van der Waals surface area contributed by atoms with Gasteiger partial charge in [0, 0.05) is 18.3 Å². The highest BCUT2D eigenvalue weighted by atomic mass is 16.6. The zero-order valence-electron chi connectivity index (χ0n) is 13.6. The van der Waals surface area contributed by atoms with Crippen LogP contribution >= 0.6 is 0 Å². The van der Waals surface area contributed by atoms with Gasteiger partial charge < -0.3 is 19.0 Å². The van der Waals surface area contributed by atoms with E-state index in [9.17, 15) is 14.4 Å². The molecule has 0 amide bonds. The van der Waals surface area contributed by atoms with E-state index in [4.69, 9.17) is 14.2 Å². The first kappa shape index (κ1) is 15.0. The van der Waals surface area contributed by atoms with Gasteiger partial charge in [0.2, 0.25) is 0 Å². The molecule has 2 aliphatic carbocycles. The molecule has 0 unspecified atom stereocenters. The minimum absolute atomic E-state index is 0.0357. The van der Waals surface area contributed by atoms with Gasteiger partial charge in [-0.2, -0.15) is 0 Å². The molecule has 2 saturated heterocycles. The lowest BCUT2D eigenvalue weighted by Crippen LogP contribution is -2.53. The molecular formula is C17H20O6. The van der Waals surface area contributed by atoms with Crippen molar-refractivity contribution in [2.75, 3.05) is 0 Å². The molecule has 124 valence electrons. The number of hydrogen-bond acceptors (Lipinski definition) is 6. The summed E-state index contributed by atoms with van der Waals surface area (Å²) in [4.78, 5) is 35.3. The summed E-state index contributed by atoms with van der Waals surface area (Å²) in [6.45, 7) is 7.08. The van der Waals surface area contributed by atoms with Gasteiger partial charge in [-0.05, 0) is 25.0 Å². The number of esters is 1. The van der Waals surface area contributed by atoms with E-state index in [-0.39, 0.29) is 36.0 Å². The molecule has 4 aliphatic rings. The number of ketones is 1. The fraction of sp³-hybridized carbons (Fsp3) is 0.706. The molecule has 4 rings (SSSR count). The highest BCUT2D eigenvalue weighted by Crippen LogP contribution is 2.65. The average molecular weight is 320 g/mol. The summed E-state index contributed by atoms with van der Waals surface area (Å²) in [6.07, 6.45) is 2.02. The fourth-order valence-corrected chi connectivity index (χ4v) is 4.55. The molecule has 0 aromatic rings. The average Bonchev–Trinajstić information content (AvgIpc) is 3.36. The molecule has 3 fully saturated rings. The Bertz CT molecular complexity index is 668. The molecule has 1 saturated carbocycles. The SMILES string of the molecule is CC(=O)O[C@H]1[C@@H]2O[C@@H]2C2=CC(=O)[C@]3(C[C@]2(C)[C@@H]1C)O[C@@]3(C)C=O. The highest BCUT2D eigenvalue weighted by Gasteiger charge is 2.77. The van der Waals surface area contributed by atoms with Crippen LogP contribution in [-0.2, 0) is 28.6 Å². The van der Waals surface area contributed by atoms with Crippen molar-refractivity contribution in [1.82, 2.24) is 0 Å². The molecule has 0 aromatic heterocycles. The standard InChI is InChI=1S/C17H20O6/c1-8-12(21-9(2)19)14-13(22-14)10-5-11(20)17(6-15(8,10)3)16(4,7-18)23-17/h5,7-8,12-14H,6H2,1-4H3/t8-,12-,13-,14+,15-,16+,17+/m1/s1. The van der Waals surface area contributed by atoms with Crippen molar-refractivity contribution >= 4 is 18.0 Å². The van der Waals surface area contributed by atoms with Crippen molar-refractivity contribution in [2.45, 2.75) is 63.6 Å². The highest BCUT2D eigenvalue weighted by molar-refractivity contribution is 6.06. The quantitative estimate of drug-likeness (QED) is 0.428. The summed E-state index contributed by atoms with van der Waals surface area (Å²) >= 11 is 0. The number of ether oxygens (including phenoxy) is 3. The molecule has 6 heteroatoms. The fourth-order valence-electron chi connectivity index (χ4n) is 4.55. The first-order valence-corrected chi connectivity index (χ1v) is 7.94. The van der Waals surface area contributed by atoms with Gasteiger partial charge >= 0.3 is 5.97 Å². The number of aldehydes is 1. The Morgan fingerprint density at radius 3 is 2.70 bits per heavy atom. The molecule has 6 nitrogen and oxygen atoms in total. The number of fused-ring (bicyclic) bond motifs is 3. The molecule has 2 aliphatic heterocycles. The summed E-state index contributed by atoms with van der Waals surface area (Å²) in [5.41, 5.74) is -1.61. The van der Waals surface area contributed by atoms with E-state index in [1.807, 2.05) is 13.8 Å². The topological polar surface area (TPSA) is 85.5 Å².